The second-order valence-corrected chi connectivity index (χ2v) is 8.97. The molecule has 1 saturated heterocycles. The summed E-state index contributed by atoms with van der Waals surface area (Å²) in [6, 6.07) is 9.60. The smallest absolute Gasteiger partial charge is 0.274 e. The molecular formula is C25H32N6O2. The van der Waals surface area contributed by atoms with Gasteiger partial charge in [-0.25, -0.2) is 9.97 Å². The van der Waals surface area contributed by atoms with Crippen molar-refractivity contribution in [2.45, 2.75) is 45.1 Å². The van der Waals surface area contributed by atoms with Gasteiger partial charge >= 0.3 is 0 Å². The number of aromatic amines is 1. The highest BCUT2D eigenvalue weighted by Crippen LogP contribution is 2.37. The Bertz CT molecular complexity index is 1110. The number of carbonyl (C=O) groups is 1. The molecule has 1 fully saturated rings. The number of hydrogen-bond acceptors (Lipinski definition) is 6. The fourth-order valence-corrected chi connectivity index (χ4v) is 4.20. The molecule has 1 aromatic carbocycles. The normalized spacial score (nSPS) is 16.2. The fourth-order valence-electron chi connectivity index (χ4n) is 4.20. The van der Waals surface area contributed by atoms with E-state index in [0.717, 1.165) is 47.5 Å². The van der Waals surface area contributed by atoms with Crippen LogP contribution in [-0.4, -0.2) is 58.7 Å². The largest absolute Gasteiger partial charge is 0.497 e. The summed E-state index contributed by atoms with van der Waals surface area (Å²) in [7, 11) is 5.50. The molecule has 0 bridgehead atoms. The predicted molar refractivity (Wildman–Crippen MR) is 129 cm³/mol. The van der Waals surface area contributed by atoms with Crippen molar-refractivity contribution < 1.29 is 9.53 Å². The second-order valence-electron chi connectivity index (χ2n) is 8.97. The van der Waals surface area contributed by atoms with Crippen LogP contribution in [0, 0.1) is 0 Å². The van der Waals surface area contributed by atoms with Crippen LogP contribution in [-0.2, 0) is 0 Å². The lowest BCUT2D eigenvalue weighted by atomic mass is 9.93. The molecular weight excluding hydrogens is 416 g/mol. The minimum atomic E-state index is -0.149. The van der Waals surface area contributed by atoms with E-state index >= 15 is 0 Å². The molecule has 0 saturated carbocycles. The Balaban J connectivity index is 1.76. The number of H-pyrrole nitrogens is 1. The number of ether oxygens (including phenoxy) is 1. The van der Waals surface area contributed by atoms with Gasteiger partial charge in [0.15, 0.2) is 0 Å². The average Bonchev–Trinajstić information content (AvgIpc) is 3.34. The van der Waals surface area contributed by atoms with Crippen LogP contribution < -0.4 is 9.64 Å². The standard InChI is InChI=1S/C25H32N6O2/c1-16(2)20-14-21(29-28-20)24(32)31-13-7-6-8-22(31)23-19(15-26-25(27-23)30(3)4)17-9-11-18(33-5)12-10-17/h9-12,14-16,22H,6-8,13H2,1-5H3,(H,28,29). The van der Waals surface area contributed by atoms with Gasteiger partial charge in [-0.3, -0.25) is 9.89 Å². The van der Waals surface area contributed by atoms with E-state index < -0.39 is 0 Å². The summed E-state index contributed by atoms with van der Waals surface area (Å²) in [6.07, 6.45) is 4.71. The van der Waals surface area contributed by atoms with Crippen molar-refractivity contribution in [1.82, 2.24) is 25.1 Å². The van der Waals surface area contributed by atoms with Gasteiger partial charge in [0, 0.05) is 38.1 Å². The van der Waals surface area contributed by atoms with E-state index in [0.29, 0.717) is 18.2 Å². The van der Waals surface area contributed by atoms with E-state index in [-0.39, 0.29) is 17.9 Å². The van der Waals surface area contributed by atoms with Crippen molar-refractivity contribution in [3.05, 3.63) is 53.6 Å². The van der Waals surface area contributed by atoms with E-state index in [1.165, 1.54) is 0 Å². The highest BCUT2D eigenvalue weighted by atomic mass is 16.5. The number of benzene rings is 1. The number of amides is 1. The SMILES string of the molecule is COc1ccc(-c2cnc(N(C)C)nc2C2CCCCN2C(=O)c2cc(C(C)C)[nH]n2)cc1. The van der Waals surface area contributed by atoms with Gasteiger partial charge in [-0.1, -0.05) is 26.0 Å². The van der Waals surface area contributed by atoms with Crippen molar-refractivity contribution in [1.29, 1.82) is 0 Å². The lowest BCUT2D eigenvalue weighted by Gasteiger charge is -2.36. The molecule has 4 rings (SSSR count). The summed E-state index contributed by atoms with van der Waals surface area (Å²) in [6.45, 7) is 4.84. The van der Waals surface area contributed by atoms with Gasteiger partial charge in [0.1, 0.15) is 11.4 Å². The van der Waals surface area contributed by atoms with E-state index in [9.17, 15) is 4.79 Å². The number of carbonyl (C=O) groups excluding carboxylic acids is 1. The van der Waals surface area contributed by atoms with Crippen LogP contribution >= 0.6 is 0 Å². The third-order valence-corrected chi connectivity index (χ3v) is 6.12. The zero-order valence-corrected chi connectivity index (χ0v) is 20.0. The van der Waals surface area contributed by atoms with Crippen LogP contribution in [0.25, 0.3) is 11.1 Å². The lowest BCUT2D eigenvalue weighted by molar-refractivity contribution is 0.0600. The predicted octanol–water partition coefficient (Wildman–Crippen LogP) is 4.43. The summed E-state index contributed by atoms with van der Waals surface area (Å²) >= 11 is 0. The van der Waals surface area contributed by atoms with Gasteiger partial charge in [0.2, 0.25) is 5.95 Å². The van der Waals surface area contributed by atoms with Gasteiger partial charge in [-0.15, -0.1) is 0 Å². The molecule has 2 aromatic heterocycles. The zero-order chi connectivity index (χ0) is 23.5. The average molecular weight is 449 g/mol. The molecule has 8 nitrogen and oxygen atoms in total. The summed E-state index contributed by atoms with van der Waals surface area (Å²) in [5.74, 6) is 1.64. The molecule has 0 radical (unpaired) electrons. The Labute approximate surface area is 195 Å². The second kappa shape index (κ2) is 9.60. The van der Waals surface area contributed by atoms with E-state index in [1.807, 2.05) is 60.4 Å². The Kier molecular flexibility index (Phi) is 6.62. The quantitative estimate of drug-likeness (QED) is 0.600. The van der Waals surface area contributed by atoms with E-state index in [4.69, 9.17) is 9.72 Å². The summed E-state index contributed by atoms with van der Waals surface area (Å²) in [5, 5.41) is 7.33. The first-order chi connectivity index (χ1) is 15.9. The number of nitrogens with zero attached hydrogens (tertiary/aromatic N) is 5. The molecule has 0 spiro atoms. The number of hydrogen-bond donors (Lipinski definition) is 1. The molecule has 174 valence electrons. The van der Waals surface area contributed by atoms with Gasteiger partial charge in [0.05, 0.1) is 18.8 Å². The van der Waals surface area contributed by atoms with E-state index in [1.54, 1.807) is 7.11 Å². The highest BCUT2D eigenvalue weighted by molar-refractivity contribution is 5.93. The van der Waals surface area contributed by atoms with Crippen molar-refractivity contribution in [3.8, 4) is 16.9 Å². The minimum Gasteiger partial charge on any atom is -0.497 e. The van der Waals surface area contributed by atoms with Crippen LogP contribution in [0.2, 0.25) is 0 Å². The number of likely N-dealkylation sites (tertiary alicyclic amines) is 1. The molecule has 3 aromatic rings. The molecule has 1 aliphatic rings. The van der Waals surface area contributed by atoms with Crippen LogP contribution in [0.4, 0.5) is 5.95 Å². The van der Waals surface area contributed by atoms with Crippen LogP contribution in [0.1, 0.15) is 66.9 Å². The molecule has 1 unspecified atom stereocenters. The Morgan fingerprint density at radius 1 is 1.21 bits per heavy atom. The Morgan fingerprint density at radius 3 is 2.61 bits per heavy atom. The number of aromatic nitrogens is 4. The third kappa shape index (κ3) is 4.69. The summed E-state index contributed by atoms with van der Waals surface area (Å²) in [5.41, 5.74) is 4.21. The molecule has 1 N–H and O–H groups in total. The number of methoxy groups -OCH3 is 1. The first kappa shape index (κ1) is 22.8. The van der Waals surface area contributed by atoms with Crippen molar-refractivity contribution in [3.63, 3.8) is 0 Å². The van der Waals surface area contributed by atoms with Gasteiger partial charge in [-0.2, -0.15) is 5.10 Å². The maximum absolute atomic E-state index is 13.5. The number of nitrogens with one attached hydrogen (secondary N) is 1. The molecule has 1 atom stereocenters. The number of rotatable bonds is 6. The Morgan fingerprint density at radius 2 is 1.97 bits per heavy atom. The molecule has 33 heavy (non-hydrogen) atoms. The molecule has 1 amide bonds. The molecule has 1 aliphatic heterocycles. The summed E-state index contributed by atoms with van der Waals surface area (Å²) < 4.78 is 5.32. The van der Waals surface area contributed by atoms with Gasteiger partial charge < -0.3 is 14.5 Å². The van der Waals surface area contributed by atoms with Gasteiger partial charge in [0.25, 0.3) is 5.91 Å². The van der Waals surface area contributed by atoms with Crippen molar-refractivity contribution >= 4 is 11.9 Å². The summed E-state index contributed by atoms with van der Waals surface area (Å²) in [4.78, 5) is 26.9. The third-order valence-electron chi connectivity index (χ3n) is 6.12. The van der Waals surface area contributed by atoms with Crippen molar-refractivity contribution in [2.75, 3.05) is 32.6 Å². The van der Waals surface area contributed by atoms with E-state index in [2.05, 4.69) is 29.0 Å². The maximum atomic E-state index is 13.5. The fraction of sp³-hybridized carbons (Fsp3) is 0.440. The molecule has 8 heteroatoms. The first-order valence-electron chi connectivity index (χ1n) is 11.4. The monoisotopic (exact) mass is 448 g/mol. The topological polar surface area (TPSA) is 87.2 Å². The lowest BCUT2D eigenvalue weighted by Crippen LogP contribution is -2.39. The highest BCUT2D eigenvalue weighted by Gasteiger charge is 2.33. The Hall–Kier alpha value is -3.42. The zero-order valence-electron chi connectivity index (χ0n) is 20.0. The van der Waals surface area contributed by atoms with Crippen LogP contribution in [0.3, 0.4) is 0 Å². The van der Waals surface area contributed by atoms with Crippen LogP contribution in [0.15, 0.2) is 36.5 Å². The molecule has 0 aliphatic carbocycles. The first-order valence-corrected chi connectivity index (χ1v) is 11.4. The molecule has 3 heterocycles. The van der Waals surface area contributed by atoms with Crippen molar-refractivity contribution in [2.24, 2.45) is 0 Å². The van der Waals surface area contributed by atoms with Crippen LogP contribution in [0.5, 0.6) is 5.75 Å². The van der Waals surface area contributed by atoms with Gasteiger partial charge in [-0.05, 0) is 48.9 Å². The number of anilines is 1. The maximum Gasteiger partial charge on any atom is 0.274 e. The number of piperidine rings is 1. The minimum absolute atomic E-state index is 0.0615.